The third-order valence-electron chi connectivity index (χ3n) is 5.05. The monoisotopic (exact) mass is 538 g/mol. The van der Waals surface area contributed by atoms with Crippen molar-refractivity contribution in [2.24, 2.45) is 0 Å². The Morgan fingerprint density at radius 1 is 1.19 bits per heavy atom. The fourth-order valence-corrected chi connectivity index (χ4v) is 4.39. The first kappa shape index (κ1) is 27.0. The normalized spacial score (nSPS) is 12.4. The molecule has 1 atom stereocenters. The Balaban J connectivity index is 1.82. The van der Waals surface area contributed by atoms with Crippen LogP contribution in [0.4, 0.5) is 13.2 Å². The van der Waals surface area contributed by atoms with E-state index in [0.717, 1.165) is 15.8 Å². The van der Waals surface area contributed by atoms with E-state index in [1.807, 2.05) is 22.9 Å². The van der Waals surface area contributed by atoms with E-state index in [-0.39, 0.29) is 17.7 Å². The van der Waals surface area contributed by atoms with Gasteiger partial charge in [-0.05, 0) is 59.0 Å². The van der Waals surface area contributed by atoms with Crippen LogP contribution in [-0.2, 0) is 21.4 Å². The molecule has 0 bridgehead atoms. The number of alkyl halides is 3. The van der Waals surface area contributed by atoms with Gasteiger partial charge in [0, 0.05) is 12.5 Å². The molecular weight excluding hydrogens is 517 g/mol. The average Bonchev–Trinajstić information content (AvgIpc) is 3.34. The molecule has 1 unspecified atom stereocenters. The van der Waals surface area contributed by atoms with Gasteiger partial charge in [0.25, 0.3) is 0 Å². The number of nitrogens with zero attached hydrogens (tertiary/aromatic N) is 1. The maximum atomic E-state index is 12.6. The summed E-state index contributed by atoms with van der Waals surface area (Å²) in [4.78, 5) is 12.0. The number of sulfonamides is 1. The Hall–Kier alpha value is -3.56. The summed E-state index contributed by atoms with van der Waals surface area (Å²) >= 11 is 1.52. The Bertz CT molecular complexity index is 1350. The summed E-state index contributed by atoms with van der Waals surface area (Å²) in [7, 11) is -5.82. The van der Waals surface area contributed by atoms with Crippen LogP contribution in [0.5, 0.6) is 11.5 Å². The highest BCUT2D eigenvalue weighted by Gasteiger charge is 2.46. The summed E-state index contributed by atoms with van der Waals surface area (Å²) in [5, 5.41) is 13.4. The number of hydrogen-bond acceptors (Lipinski definition) is 7. The van der Waals surface area contributed by atoms with E-state index in [9.17, 15) is 31.6 Å². The number of aryl methyl sites for hydroxylation is 1. The molecular formula is C24H21F3N2O5S2. The van der Waals surface area contributed by atoms with Crippen LogP contribution in [0.2, 0.25) is 0 Å². The predicted octanol–water partition coefficient (Wildman–Crippen LogP) is 5.37. The van der Waals surface area contributed by atoms with E-state index in [0.29, 0.717) is 17.9 Å². The highest BCUT2D eigenvalue weighted by atomic mass is 32.2. The van der Waals surface area contributed by atoms with E-state index in [1.165, 1.54) is 23.5 Å². The fraction of sp³-hybridized carbons (Fsp3) is 0.250. The van der Waals surface area contributed by atoms with Crippen LogP contribution < -0.4 is 14.2 Å². The van der Waals surface area contributed by atoms with Crippen molar-refractivity contribution < 1.29 is 35.9 Å². The number of carbonyl (C=O) groups is 1. The first-order chi connectivity index (χ1) is 17.0. The number of hydrogen-bond donors (Lipinski definition) is 1. The number of amides is 1. The lowest BCUT2D eigenvalue weighted by Crippen LogP contribution is -2.40. The van der Waals surface area contributed by atoms with E-state index in [2.05, 4.69) is 0 Å². The number of thiophene rings is 1. The van der Waals surface area contributed by atoms with Crippen molar-refractivity contribution in [3.05, 3.63) is 81.5 Å². The molecule has 7 nitrogen and oxygen atoms in total. The van der Waals surface area contributed by atoms with Crippen LogP contribution in [0.3, 0.4) is 0 Å². The van der Waals surface area contributed by atoms with Crippen molar-refractivity contribution in [1.82, 2.24) is 4.72 Å². The van der Waals surface area contributed by atoms with Gasteiger partial charge in [-0.25, -0.2) is 4.72 Å². The number of nitrogens with one attached hydrogen (secondary N) is 1. The van der Waals surface area contributed by atoms with Crippen molar-refractivity contribution in [3.8, 4) is 17.6 Å². The molecule has 0 spiro atoms. The maximum Gasteiger partial charge on any atom is 0.516 e. The average molecular weight is 539 g/mol. The summed E-state index contributed by atoms with van der Waals surface area (Å²) in [5.74, 6) is -0.757. The van der Waals surface area contributed by atoms with Crippen LogP contribution in [0.15, 0.2) is 59.3 Å². The first-order valence-corrected chi connectivity index (χ1v) is 12.9. The first-order valence-electron chi connectivity index (χ1n) is 10.5. The minimum atomic E-state index is -5.82. The molecule has 0 fully saturated rings. The van der Waals surface area contributed by atoms with Gasteiger partial charge in [0.1, 0.15) is 30.3 Å². The number of ether oxygens (including phenoxy) is 2. The topological polar surface area (TPSA) is 105 Å². The second-order valence-electron chi connectivity index (χ2n) is 7.67. The zero-order chi connectivity index (χ0) is 26.3. The SMILES string of the molecule is Cc1ccccc1C(CCC(=O)NS(=O)(=O)C(F)(F)F)Oc1cc(OCc2ccsc2)ccc1C#N. The van der Waals surface area contributed by atoms with Crippen LogP contribution in [-0.4, -0.2) is 19.8 Å². The van der Waals surface area contributed by atoms with Gasteiger partial charge in [0.15, 0.2) is 0 Å². The zero-order valence-electron chi connectivity index (χ0n) is 18.9. The molecule has 0 aliphatic rings. The summed E-state index contributed by atoms with van der Waals surface area (Å²) in [6, 6.07) is 15.6. The lowest BCUT2D eigenvalue weighted by molar-refractivity contribution is -0.120. The van der Waals surface area contributed by atoms with Crippen LogP contribution in [0, 0.1) is 18.3 Å². The Morgan fingerprint density at radius 3 is 2.58 bits per heavy atom. The lowest BCUT2D eigenvalue weighted by Gasteiger charge is -2.22. The van der Waals surface area contributed by atoms with E-state index >= 15 is 0 Å². The van der Waals surface area contributed by atoms with Crippen molar-refractivity contribution in [1.29, 1.82) is 5.26 Å². The van der Waals surface area contributed by atoms with Crippen LogP contribution in [0.1, 0.15) is 41.2 Å². The van der Waals surface area contributed by atoms with E-state index < -0.39 is 34.0 Å². The lowest BCUT2D eigenvalue weighted by atomic mass is 9.99. The molecule has 36 heavy (non-hydrogen) atoms. The minimum Gasteiger partial charge on any atom is -0.489 e. The van der Waals surface area contributed by atoms with E-state index in [1.54, 1.807) is 37.3 Å². The van der Waals surface area contributed by atoms with Gasteiger partial charge in [-0.2, -0.15) is 38.2 Å². The molecule has 1 heterocycles. The van der Waals surface area contributed by atoms with Crippen molar-refractivity contribution >= 4 is 27.3 Å². The smallest absolute Gasteiger partial charge is 0.489 e. The maximum absolute atomic E-state index is 12.6. The van der Waals surface area contributed by atoms with Gasteiger partial charge >= 0.3 is 15.5 Å². The molecule has 0 aliphatic heterocycles. The highest BCUT2D eigenvalue weighted by Crippen LogP contribution is 2.33. The number of carbonyl (C=O) groups excluding carboxylic acids is 1. The standard InChI is InChI=1S/C24H21F3N2O5S2/c1-16-4-2-3-5-20(16)21(8-9-23(30)29-36(31,32)24(25,26)27)34-22-12-19(7-6-18(22)13-28)33-14-17-10-11-35-15-17/h2-7,10-12,15,21H,8-9,14H2,1H3,(H,29,30). The molecule has 12 heteroatoms. The summed E-state index contributed by atoms with van der Waals surface area (Å²) in [5.41, 5.74) is -3.07. The van der Waals surface area contributed by atoms with Crippen molar-refractivity contribution in [2.45, 2.75) is 38.0 Å². The molecule has 0 aliphatic carbocycles. The molecule has 1 aromatic heterocycles. The molecule has 0 saturated carbocycles. The summed E-state index contributed by atoms with van der Waals surface area (Å²) < 4.78 is 73.2. The molecule has 1 N–H and O–H groups in total. The molecule has 1 amide bonds. The van der Waals surface area contributed by atoms with Crippen molar-refractivity contribution in [2.75, 3.05) is 0 Å². The third kappa shape index (κ3) is 6.99. The second-order valence-corrected chi connectivity index (χ2v) is 10.1. The molecule has 2 aromatic carbocycles. The van der Waals surface area contributed by atoms with Crippen LogP contribution in [0.25, 0.3) is 0 Å². The fourth-order valence-electron chi connectivity index (χ4n) is 3.22. The number of benzene rings is 2. The molecule has 3 rings (SSSR count). The second kappa shape index (κ2) is 11.5. The van der Waals surface area contributed by atoms with Gasteiger partial charge in [-0.3, -0.25) is 4.79 Å². The Morgan fingerprint density at radius 2 is 1.94 bits per heavy atom. The van der Waals surface area contributed by atoms with Gasteiger partial charge in [-0.1, -0.05) is 24.3 Å². The molecule has 0 saturated heterocycles. The molecule has 0 radical (unpaired) electrons. The predicted molar refractivity (Wildman–Crippen MR) is 127 cm³/mol. The molecule has 190 valence electrons. The largest absolute Gasteiger partial charge is 0.516 e. The van der Waals surface area contributed by atoms with Crippen molar-refractivity contribution in [3.63, 3.8) is 0 Å². The Kier molecular flexibility index (Phi) is 8.60. The zero-order valence-corrected chi connectivity index (χ0v) is 20.5. The van der Waals surface area contributed by atoms with Gasteiger partial charge < -0.3 is 9.47 Å². The van der Waals surface area contributed by atoms with Crippen LogP contribution >= 0.6 is 11.3 Å². The minimum absolute atomic E-state index is 0.150. The Labute approximate surface area is 210 Å². The third-order valence-corrected chi connectivity index (χ3v) is 6.89. The van der Waals surface area contributed by atoms with E-state index in [4.69, 9.17) is 9.47 Å². The van der Waals surface area contributed by atoms with Gasteiger partial charge in [0.05, 0.1) is 5.56 Å². The summed E-state index contributed by atoms with van der Waals surface area (Å²) in [6.45, 7) is 2.08. The number of rotatable bonds is 10. The quantitative estimate of drug-likeness (QED) is 0.372. The number of halogens is 3. The number of nitriles is 1. The summed E-state index contributed by atoms with van der Waals surface area (Å²) in [6.07, 6.45) is -1.61. The highest BCUT2D eigenvalue weighted by molar-refractivity contribution is 7.90. The van der Waals surface area contributed by atoms with Gasteiger partial charge in [0.2, 0.25) is 5.91 Å². The molecule has 3 aromatic rings. The van der Waals surface area contributed by atoms with Gasteiger partial charge in [-0.15, -0.1) is 0 Å².